The SMILES string of the molecule is CCC1=C(C)C(Cc2[nH]c(Cc3[nH]c(CC4=NC(=O)[C@H](C)[C@@]45[SH+][C@@H]5C)c(C)c3CCC(=O)O)c(CCC(=O)O)c2C)=NC1=O. The Balaban J connectivity index is 1.50. The molecule has 1 saturated heterocycles. The molecular weight excluding hydrogens is 580 g/mol. The third-order valence-corrected chi connectivity index (χ3v) is 11.8. The zero-order valence-corrected chi connectivity index (χ0v) is 27.1. The smallest absolute Gasteiger partial charge is 0.303 e. The molecular formula is C33H41N4O6S+. The lowest BCUT2D eigenvalue weighted by molar-refractivity contribution is -0.138. The quantitative estimate of drug-likeness (QED) is 0.150. The number of aromatic nitrogens is 2. The first kappa shape index (κ1) is 31.7. The number of thiol groups is 1. The summed E-state index contributed by atoms with van der Waals surface area (Å²) < 4.78 is -0.208. The number of aromatic amines is 2. The molecule has 2 aromatic rings. The molecule has 3 atom stereocenters. The van der Waals surface area contributed by atoms with Gasteiger partial charge in [0, 0.05) is 60.5 Å². The van der Waals surface area contributed by atoms with Gasteiger partial charge in [-0.25, -0.2) is 9.98 Å². The summed E-state index contributed by atoms with van der Waals surface area (Å²) in [5.41, 5.74) is 10.5. The summed E-state index contributed by atoms with van der Waals surface area (Å²) in [6.07, 6.45) is 2.59. The third kappa shape index (κ3) is 5.62. The molecule has 1 spiro atoms. The zero-order valence-electron chi connectivity index (χ0n) is 26.2. The lowest BCUT2D eigenvalue weighted by Gasteiger charge is -2.08. The Kier molecular flexibility index (Phi) is 8.63. The van der Waals surface area contributed by atoms with Crippen molar-refractivity contribution >= 4 is 46.9 Å². The summed E-state index contributed by atoms with van der Waals surface area (Å²) in [7, 11) is 0. The lowest BCUT2D eigenvalue weighted by Crippen LogP contribution is -2.32. The van der Waals surface area contributed by atoms with Crippen molar-refractivity contribution in [3.8, 4) is 0 Å². The number of carbonyl (C=O) groups is 4. The molecule has 0 unspecified atom stereocenters. The molecule has 234 valence electrons. The van der Waals surface area contributed by atoms with Gasteiger partial charge in [-0.15, -0.1) is 0 Å². The van der Waals surface area contributed by atoms with Gasteiger partial charge in [-0.05, 0) is 93.5 Å². The molecule has 0 aromatic carbocycles. The van der Waals surface area contributed by atoms with Crippen molar-refractivity contribution < 1.29 is 29.4 Å². The van der Waals surface area contributed by atoms with Crippen molar-refractivity contribution in [2.45, 2.75) is 103 Å². The van der Waals surface area contributed by atoms with Crippen molar-refractivity contribution in [1.29, 1.82) is 0 Å². The van der Waals surface area contributed by atoms with E-state index in [-0.39, 0.29) is 35.3 Å². The highest BCUT2D eigenvalue weighted by Gasteiger charge is 2.74. The van der Waals surface area contributed by atoms with Crippen molar-refractivity contribution in [3.63, 3.8) is 0 Å². The van der Waals surface area contributed by atoms with Crippen LogP contribution in [-0.4, -0.2) is 65.4 Å². The lowest BCUT2D eigenvalue weighted by atomic mass is 9.87. The zero-order chi connectivity index (χ0) is 32.1. The maximum absolute atomic E-state index is 12.6. The van der Waals surface area contributed by atoms with Gasteiger partial charge in [-0.3, -0.25) is 19.2 Å². The van der Waals surface area contributed by atoms with E-state index in [1.54, 1.807) is 0 Å². The molecule has 0 bridgehead atoms. The molecule has 1 fully saturated rings. The minimum Gasteiger partial charge on any atom is -0.481 e. The Morgan fingerprint density at radius 2 is 1.36 bits per heavy atom. The van der Waals surface area contributed by atoms with Gasteiger partial charge in [-0.1, -0.05) is 6.92 Å². The van der Waals surface area contributed by atoms with Crippen molar-refractivity contribution in [1.82, 2.24) is 9.97 Å². The topological polar surface area (TPSA) is 165 Å². The van der Waals surface area contributed by atoms with Crippen LogP contribution < -0.4 is 0 Å². The average molecular weight is 622 g/mol. The van der Waals surface area contributed by atoms with Gasteiger partial charge in [0.2, 0.25) is 4.75 Å². The van der Waals surface area contributed by atoms with Gasteiger partial charge < -0.3 is 20.2 Å². The Morgan fingerprint density at radius 3 is 1.82 bits per heavy atom. The number of aliphatic imine (C=N–C) groups is 2. The van der Waals surface area contributed by atoms with Crippen LogP contribution in [0.4, 0.5) is 0 Å². The van der Waals surface area contributed by atoms with E-state index in [2.05, 4.69) is 26.9 Å². The van der Waals surface area contributed by atoms with E-state index in [9.17, 15) is 29.4 Å². The van der Waals surface area contributed by atoms with Crippen LogP contribution in [0.5, 0.6) is 0 Å². The van der Waals surface area contributed by atoms with Crippen LogP contribution in [0, 0.1) is 19.8 Å². The molecule has 2 amide bonds. The van der Waals surface area contributed by atoms with Crippen LogP contribution in [0.15, 0.2) is 21.1 Å². The number of hydrogen-bond acceptors (Lipinski definition) is 4. The Hall–Kier alpha value is -3.73. The molecule has 5 rings (SSSR count). The number of carbonyl (C=O) groups excluding carboxylic acids is 2. The highest BCUT2D eigenvalue weighted by Crippen LogP contribution is 2.50. The summed E-state index contributed by atoms with van der Waals surface area (Å²) >= 11 is 1.22. The molecule has 0 saturated carbocycles. The summed E-state index contributed by atoms with van der Waals surface area (Å²) in [6, 6.07) is 0. The van der Waals surface area contributed by atoms with Gasteiger partial charge in [0.25, 0.3) is 11.8 Å². The van der Waals surface area contributed by atoms with Crippen molar-refractivity contribution in [2.75, 3.05) is 0 Å². The largest absolute Gasteiger partial charge is 0.481 e. The second-order valence-corrected chi connectivity index (χ2v) is 14.0. The van der Waals surface area contributed by atoms with Crippen LogP contribution in [-0.2, 0) is 63.0 Å². The molecule has 0 aliphatic carbocycles. The maximum Gasteiger partial charge on any atom is 0.303 e. The Labute approximate surface area is 260 Å². The molecule has 10 nitrogen and oxygen atoms in total. The first-order chi connectivity index (χ1) is 20.8. The van der Waals surface area contributed by atoms with E-state index in [0.29, 0.717) is 43.8 Å². The molecule has 5 heterocycles. The van der Waals surface area contributed by atoms with Crippen LogP contribution in [0.3, 0.4) is 0 Å². The summed E-state index contributed by atoms with van der Waals surface area (Å²) in [5, 5.41) is 19.3. The fraction of sp³-hybridized carbons (Fsp3) is 0.515. The van der Waals surface area contributed by atoms with Gasteiger partial charge >= 0.3 is 11.9 Å². The Morgan fingerprint density at radius 1 is 0.841 bits per heavy atom. The van der Waals surface area contributed by atoms with E-state index in [4.69, 9.17) is 0 Å². The fourth-order valence-corrected chi connectivity index (χ4v) is 8.59. The first-order valence-electron chi connectivity index (χ1n) is 15.3. The van der Waals surface area contributed by atoms with Gasteiger partial charge in [0.1, 0.15) is 0 Å². The molecule has 2 aromatic heterocycles. The van der Waals surface area contributed by atoms with Crippen LogP contribution >= 0.6 is 0 Å². The highest BCUT2D eigenvalue weighted by atomic mass is 32.2. The number of nitrogens with one attached hydrogen (secondary N) is 2. The minimum atomic E-state index is -0.890. The number of carboxylic acid groups (broad SMARTS) is 2. The number of hydrogen-bond donors (Lipinski definition) is 4. The number of nitrogens with zero attached hydrogens (tertiary/aromatic N) is 2. The highest BCUT2D eigenvalue weighted by molar-refractivity contribution is 7.90. The second-order valence-electron chi connectivity index (χ2n) is 12.3. The standard InChI is InChI=1S/C33H40N4O6S/c1-7-20-15(2)24(36-32(20)43)12-23-16(3)21(8-10-29(38)39)26(34-23)13-27-22(9-11-30(40)41)17(4)25(35-27)14-28-33(19(6)44-33)18(5)31(42)37-28/h18-19,34-35H,7-14H2,1-6H3,(H,38,39)(H,40,41)/p+1/t18-,19+,33-/m0/s1. The third-order valence-electron chi connectivity index (χ3n) is 9.81. The Bertz CT molecular complexity index is 1670. The first-order valence-corrected chi connectivity index (χ1v) is 16.2. The molecule has 3 aliphatic rings. The van der Waals surface area contributed by atoms with Gasteiger partial charge in [-0.2, -0.15) is 0 Å². The average Bonchev–Trinajstić information content (AvgIpc) is 3.13. The van der Waals surface area contributed by atoms with E-state index >= 15 is 0 Å². The fourth-order valence-electron chi connectivity index (χ4n) is 7.04. The van der Waals surface area contributed by atoms with E-state index in [0.717, 1.165) is 67.6 Å². The maximum atomic E-state index is 12.6. The van der Waals surface area contributed by atoms with Crippen molar-refractivity contribution in [3.05, 3.63) is 56.2 Å². The molecule has 3 aliphatic heterocycles. The van der Waals surface area contributed by atoms with Gasteiger partial charge in [0.15, 0.2) is 5.25 Å². The number of amides is 2. The molecule has 4 N–H and O–H groups in total. The minimum absolute atomic E-state index is 0.0265. The number of allylic oxidation sites excluding steroid dienone is 1. The summed E-state index contributed by atoms with van der Waals surface area (Å²) in [4.78, 5) is 64.0. The molecule has 44 heavy (non-hydrogen) atoms. The van der Waals surface area contributed by atoms with E-state index in [1.165, 1.54) is 11.8 Å². The second kappa shape index (κ2) is 12.0. The normalized spacial score (nSPS) is 22.8. The van der Waals surface area contributed by atoms with Gasteiger partial charge in [0.05, 0.1) is 17.3 Å². The number of rotatable bonds is 13. The molecule has 11 heteroatoms. The monoisotopic (exact) mass is 621 g/mol. The predicted molar refractivity (Wildman–Crippen MR) is 171 cm³/mol. The van der Waals surface area contributed by atoms with Crippen molar-refractivity contribution in [2.24, 2.45) is 15.9 Å². The predicted octanol–water partition coefficient (Wildman–Crippen LogP) is 3.95. The summed E-state index contributed by atoms with van der Waals surface area (Å²) in [6.45, 7) is 11.9. The van der Waals surface area contributed by atoms with E-state index in [1.807, 2.05) is 34.6 Å². The van der Waals surface area contributed by atoms with Crippen LogP contribution in [0.1, 0.15) is 92.0 Å². The van der Waals surface area contributed by atoms with Crippen LogP contribution in [0.2, 0.25) is 0 Å². The number of aliphatic carboxylic acids is 2. The number of carboxylic acids is 2. The molecule has 0 radical (unpaired) electrons. The van der Waals surface area contributed by atoms with E-state index < -0.39 is 11.9 Å². The van der Waals surface area contributed by atoms with Crippen LogP contribution in [0.25, 0.3) is 0 Å². The summed E-state index contributed by atoms with van der Waals surface area (Å²) in [5.74, 6) is -2.19. The number of H-pyrrole nitrogens is 2.